The molecule has 1 aromatic heterocycles. The summed E-state index contributed by atoms with van der Waals surface area (Å²) in [7, 11) is 0. The molecule has 1 aromatic rings. The molecule has 7 heteroatoms. The predicted molar refractivity (Wildman–Crippen MR) is 75.9 cm³/mol. The zero-order chi connectivity index (χ0) is 14.7. The quantitative estimate of drug-likeness (QED) is 0.807. The number of nitrogens with one attached hydrogen (secondary N) is 1. The van der Waals surface area contributed by atoms with Crippen molar-refractivity contribution in [3.8, 4) is 0 Å². The van der Waals surface area contributed by atoms with Crippen molar-refractivity contribution < 1.29 is 14.3 Å². The zero-order valence-corrected chi connectivity index (χ0v) is 12.3. The van der Waals surface area contributed by atoms with Crippen molar-refractivity contribution in [3.63, 3.8) is 0 Å². The van der Waals surface area contributed by atoms with Gasteiger partial charge >= 0.3 is 0 Å². The van der Waals surface area contributed by atoms with Gasteiger partial charge in [0.05, 0.1) is 32.1 Å². The Morgan fingerprint density at radius 3 is 3.10 bits per heavy atom. The summed E-state index contributed by atoms with van der Waals surface area (Å²) in [5, 5.41) is 7.46. The Bertz CT molecular complexity index is 484. The Kier molecular flexibility index (Phi) is 4.52. The lowest BCUT2D eigenvalue weighted by molar-refractivity contribution is -0.153. The van der Waals surface area contributed by atoms with Gasteiger partial charge in [-0.15, -0.1) is 0 Å². The molecule has 2 saturated heterocycles. The van der Waals surface area contributed by atoms with Crippen molar-refractivity contribution >= 4 is 5.91 Å². The molecule has 3 heterocycles. The molecule has 2 unspecified atom stereocenters. The summed E-state index contributed by atoms with van der Waals surface area (Å²) in [5.74, 6) is 0.0622. The Balaban J connectivity index is 1.56. The second kappa shape index (κ2) is 6.55. The molecule has 2 fully saturated rings. The Labute approximate surface area is 124 Å². The highest BCUT2D eigenvalue weighted by atomic mass is 16.5. The van der Waals surface area contributed by atoms with E-state index in [0.717, 1.165) is 12.1 Å². The van der Waals surface area contributed by atoms with Gasteiger partial charge in [-0.1, -0.05) is 0 Å². The number of hydrogen-bond donors (Lipinski definition) is 1. The number of carbonyl (C=O) groups excluding carboxylic acids is 1. The van der Waals surface area contributed by atoms with Gasteiger partial charge in [-0.3, -0.25) is 9.48 Å². The van der Waals surface area contributed by atoms with Crippen LogP contribution in [-0.4, -0.2) is 72.2 Å². The lowest BCUT2D eigenvalue weighted by atomic mass is 10.2. The number of aromatic nitrogens is 2. The molecule has 7 nitrogen and oxygen atoms in total. The van der Waals surface area contributed by atoms with E-state index in [4.69, 9.17) is 9.47 Å². The van der Waals surface area contributed by atoms with Crippen LogP contribution in [0.25, 0.3) is 0 Å². The van der Waals surface area contributed by atoms with Crippen LogP contribution in [0.1, 0.15) is 5.56 Å². The maximum absolute atomic E-state index is 12.4. The van der Waals surface area contributed by atoms with Crippen molar-refractivity contribution in [2.45, 2.75) is 25.7 Å². The fraction of sp³-hybridized carbons (Fsp3) is 0.714. The van der Waals surface area contributed by atoms with E-state index in [1.165, 1.54) is 0 Å². The predicted octanol–water partition coefficient (Wildman–Crippen LogP) is -0.593. The smallest absolute Gasteiger partial charge is 0.253 e. The van der Waals surface area contributed by atoms with E-state index in [0.29, 0.717) is 39.4 Å². The molecule has 2 aliphatic rings. The van der Waals surface area contributed by atoms with E-state index in [1.807, 2.05) is 28.9 Å². The second-order valence-corrected chi connectivity index (χ2v) is 5.58. The van der Waals surface area contributed by atoms with Gasteiger partial charge in [-0.05, 0) is 12.5 Å². The van der Waals surface area contributed by atoms with Gasteiger partial charge in [0, 0.05) is 32.4 Å². The first-order chi connectivity index (χ1) is 10.2. The first-order valence-electron chi connectivity index (χ1n) is 7.44. The van der Waals surface area contributed by atoms with E-state index in [2.05, 4.69) is 10.4 Å². The molecule has 2 aliphatic heterocycles. The van der Waals surface area contributed by atoms with Crippen LogP contribution in [0.2, 0.25) is 0 Å². The minimum absolute atomic E-state index is 0.0152. The van der Waals surface area contributed by atoms with Gasteiger partial charge in [0.25, 0.3) is 5.91 Å². The molecule has 1 amide bonds. The Morgan fingerprint density at radius 2 is 2.38 bits per heavy atom. The van der Waals surface area contributed by atoms with Gasteiger partial charge in [0.15, 0.2) is 0 Å². The van der Waals surface area contributed by atoms with Crippen molar-refractivity contribution in [2.75, 3.05) is 39.4 Å². The van der Waals surface area contributed by atoms with Crippen LogP contribution >= 0.6 is 0 Å². The minimum atomic E-state index is -0.357. The number of morpholine rings is 2. The standard InChI is InChI=1S/C14H22N4O3/c1-11-6-16-18(8-11)10-12-9-17(3-5-20-12)14(19)13-7-15-2-4-21-13/h6,8,12-13,15H,2-5,7,9-10H2,1H3. The summed E-state index contributed by atoms with van der Waals surface area (Å²) < 4.78 is 13.2. The summed E-state index contributed by atoms with van der Waals surface area (Å²) in [6.07, 6.45) is 3.44. The topological polar surface area (TPSA) is 68.6 Å². The normalized spacial score (nSPS) is 26.8. The summed E-state index contributed by atoms with van der Waals surface area (Å²) in [6.45, 7) is 6.47. The molecule has 0 spiro atoms. The van der Waals surface area contributed by atoms with Gasteiger partial charge in [-0.2, -0.15) is 5.10 Å². The molecule has 0 bridgehead atoms. The van der Waals surface area contributed by atoms with Crippen LogP contribution in [0.3, 0.4) is 0 Å². The molecule has 0 aliphatic carbocycles. The second-order valence-electron chi connectivity index (χ2n) is 5.58. The molecule has 21 heavy (non-hydrogen) atoms. The van der Waals surface area contributed by atoms with Crippen LogP contribution in [0, 0.1) is 6.92 Å². The van der Waals surface area contributed by atoms with Crippen LogP contribution in [0.5, 0.6) is 0 Å². The van der Waals surface area contributed by atoms with E-state index >= 15 is 0 Å². The summed E-state index contributed by atoms with van der Waals surface area (Å²) >= 11 is 0. The number of rotatable bonds is 3. The van der Waals surface area contributed by atoms with Crippen LogP contribution in [-0.2, 0) is 20.8 Å². The third-order valence-electron chi connectivity index (χ3n) is 3.81. The number of carbonyl (C=O) groups is 1. The van der Waals surface area contributed by atoms with Crippen molar-refractivity contribution in [1.82, 2.24) is 20.0 Å². The molecule has 0 saturated carbocycles. The number of ether oxygens (including phenoxy) is 2. The van der Waals surface area contributed by atoms with Crippen LogP contribution in [0.15, 0.2) is 12.4 Å². The fourth-order valence-corrected chi connectivity index (χ4v) is 2.73. The number of nitrogens with zero attached hydrogens (tertiary/aromatic N) is 3. The van der Waals surface area contributed by atoms with Crippen LogP contribution < -0.4 is 5.32 Å². The minimum Gasteiger partial charge on any atom is -0.373 e. The Hall–Kier alpha value is -1.44. The summed E-state index contributed by atoms with van der Waals surface area (Å²) in [5.41, 5.74) is 1.13. The molecule has 0 radical (unpaired) electrons. The summed E-state index contributed by atoms with van der Waals surface area (Å²) in [4.78, 5) is 14.3. The van der Waals surface area contributed by atoms with E-state index in [9.17, 15) is 4.79 Å². The first kappa shape index (κ1) is 14.5. The lowest BCUT2D eigenvalue weighted by Gasteiger charge is -2.35. The monoisotopic (exact) mass is 294 g/mol. The molecule has 116 valence electrons. The average Bonchev–Trinajstić information content (AvgIpc) is 2.93. The van der Waals surface area contributed by atoms with Gasteiger partial charge in [0.2, 0.25) is 0 Å². The first-order valence-corrected chi connectivity index (χ1v) is 7.44. The highest BCUT2D eigenvalue weighted by Crippen LogP contribution is 2.11. The van der Waals surface area contributed by atoms with E-state index in [-0.39, 0.29) is 18.1 Å². The van der Waals surface area contributed by atoms with E-state index < -0.39 is 0 Å². The fourth-order valence-electron chi connectivity index (χ4n) is 2.73. The molecule has 0 aromatic carbocycles. The number of hydrogen-bond acceptors (Lipinski definition) is 5. The SMILES string of the molecule is Cc1cnn(CC2CN(C(=O)C3CNCCO3)CCO2)c1. The summed E-state index contributed by atoms with van der Waals surface area (Å²) in [6, 6.07) is 0. The van der Waals surface area contributed by atoms with E-state index in [1.54, 1.807) is 0 Å². The van der Waals surface area contributed by atoms with Crippen molar-refractivity contribution in [3.05, 3.63) is 18.0 Å². The third kappa shape index (κ3) is 3.61. The maximum Gasteiger partial charge on any atom is 0.253 e. The Morgan fingerprint density at radius 1 is 1.48 bits per heavy atom. The molecular formula is C14H22N4O3. The molecular weight excluding hydrogens is 272 g/mol. The van der Waals surface area contributed by atoms with Crippen LogP contribution in [0.4, 0.5) is 0 Å². The molecule has 3 rings (SSSR count). The molecule has 2 atom stereocenters. The highest BCUT2D eigenvalue weighted by Gasteiger charge is 2.31. The van der Waals surface area contributed by atoms with Crippen molar-refractivity contribution in [1.29, 1.82) is 0 Å². The van der Waals surface area contributed by atoms with Gasteiger partial charge < -0.3 is 19.7 Å². The number of aryl methyl sites for hydroxylation is 1. The van der Waals surface area contributed by atoms with Gasteiger partial charge in [0.1, 0.15) is 6.10 Å². The van der Waals surface area contributed by atoms with Crippen molar-refractivity contribution in [2.24, 2.45) is 0 Å². The van der Waals surface area contributed by atoms with Gasteiger partial charge in [-0.25, -0.2) is 0 Å². The molecule has 1 N–H and O–H groups in total. The average molecular weight is 294 g/mol. The third-order valence-corrected chi connectivity index (χ3v) is 3.81. The maximum atomic E-state index is 12.4. The zero-order valence-electron chi connectivity index (χ0n) is 12.3. The lowest BCUT2D eigenvalue weighted by Crippen LogP contribution is -2.54. The number of amides is 1. The largest absolute Gasteiger partial charge is 0.373 e. The highest BCUT2D eigenvalue weighted by molar-refractivity contribution is 5.81.